The Bertz CT molecular complexity index is 914. The number of piperidine rings is 1. The first kappa shape index (κ1) is 20.4. The smallest absolute Gasteiger partial charge is 0.272 e. The Kier molecular flexibility index (Phi) is 5.76. The van der Waals surface area contributed by atoms with Crippen molar-refractivity contribution in [3.63, 3.8) is 0 Å². The second kappa shape index (κ2) is 8.47. The molecule has 0 saturated carbocycles. The summed E-state index contributed by atoms with van der Waals surface area (Å²) in [5.74, 6) is 0.200. The van der Waals surface area contributed by atoms with Crippen LogP contribution in [0, 0.1) is 5.92 Å². The molecule has 2 amide bonds. The van der Waals surface area contributed by atoms with Gasteiger partial charge < -0.3 is 15.0 Å². The Morgan fingerprint density at radius 2 is 2.20 bits per heavy atom. The molecule has 2 aliphatic heterocycles. The predicted octanol–water partition coefficient (Wildman–Crippen LogP) is 0.936. The molecule has 0 radical (unpaired) electrons. The van der Waals surface area contributed by atoms with Gasteiger partial charge in [-0.2, -0.15) is 0 Å². The number of nitrogens with one attached hydrogen (secondary N) is 1. The summed E-state index contributed by atoms with van der Waals surface area (Å²) in [5.41, 5.74) is 1.51. The predicted molar refractivity (Wildman–Crippen MR) is 106 cm³/mol. The number of hydrogen-bond acceptors (Lipinski definition) is 7. The zero-order chi connectivity index (χ0) is 21.1. The van der Waals surface area contributed by atoms with Gasteiger partial charge in [-0.05, 0) is 24.8 Å². The third-order valence-corrected chi connectivity index (χ3v) is 5.55. The van der Waals surface area contributed by atoms with E-state index in [1.165, 1.54) is 6.33 Å². The maximum atomic E-state index is 12.8. The van der Waals surface area contributed by atoms with Crippen LogP contribution in [0.15, 0.2) is 18.6 Å². The monoisotopic (exact) mass is 413 g/mol. The van der Waals surface area contributed by atoms with E-state index in [0.717, 1.165) is 24.2 Å². The zero-order valence-corrected chi connectivity index (χ0v) is 17.4. The molecule has 1 atom stereocenters. The second-order valence-electron chi connectivity index (χ2n) is 8.41. The van der Waals surface area contributed by atoms with Crippen molar-refractivity contribution in [3.8, 4) is 0 Å². The first-order valence-corrected chi connectivity index (χ1v) is 10.3. The van der Waals surface area contributed by atoms with E-state index in [1.54, 1.807) is 17.2 Å². The Hall–Kier alpha value is -2.88. The lowest BCUT2D eigenvalue weighted by molar-refractivity contribution is -0.123. The highest BCUT2D eigenvalue weighted by Crippen LogP contribution is 2.32. The normalized spacial score (nSPS) is 21.0. The lowest BCUT2D eigenvalue weighted by Gasteiger charge is -2.44. The molecule has 0 aromatic carbocycles. The number of amides is 2. The van der Waals surface area contributed by atoms with Crippen molar-refractivity contribution in [2.45, 2.75) is 58.4 Å². The molecular formula is C20H27N7O3. The highest BCUT2D eigenvalue weighted by molar-refractivity contribution is 5.92. The average molecular weight is 413 g/mol. The van der Waals surface area contributed by atoms with Crippen LogP contribution in [0.4, 0.5) is 0 Å². The van der Waals surface area contributed by atoms with Crippen LogP contribution < -0.4 is 5.32 Å². The summed E-state index contributed by atoms with van der Waals surface area (Å²) < 4.78 is 8.13. The van der Waals surface area contributed by atoms with Crippen molar-refractivity contribution in [2.24, 2.45) is 5.92 Å². The van der Waals surface area contributed by atoms with Gasteiger partial charge in [-0.3, -0.25) is 9.59 Å². The third kappa shape index (κ3) is 4.33. The zero-order valence-electron chi connectivity index (χ0n) is 17.4. The molecule has 30 heavy (non-hydrogen) atoms. The summed E-state index contributed by atoms with van der Waals surface area (Å²) in [4.78, 5) is 34.5. The number of carbonyl (C=O) groups excluding carboxylic acids is 2. The van der Waals surface area contributed by atoms with E-state index in [4.69, 9.17) is 4.74 Å². The topological polar surface area (TPSA) is 115 Å². The van der Waals surface area contributed by atoms with Crippen LogP contribution in [-0.4, -0.2) is 60.4 Å². The molecule has 1 N–H and O–H groups in total. The summed E-state index contributed by atoms with van der Waals surface area (Å²) in [7, 11) is 0. The van der Waals surface area contributed by atoms with Crippen molar-refractivity contribution >= 4 is 11.8 Å². The van der Waals surface area contributed by atoms with Crippen LogP contribution in [-0.2, 0) is 29.2 Å². The van der Waals surface area contributed by atoms with Gasteiger partial charge in [0.05, 0.1) is 31.9 Å². The van der Waals surface area contributed by atoms with Crippen LogP contribution in [0.2, 0.25) is 0 Å². The Morgan fingerprint density at radius 3 is 2.97 bits per heavy atom. The largest absolute Gasteiger partial charge is 0.365 e. The minimum atomic E-state index is -0.486. The molecule has 1 spiro atoms. The number of likely N-dealkylation sites (tertiary alicyclic amines) is 1. The van der Waals surface area contributed by atoms with E-state index in [2.05, 4.69) is 25.6 Å². The summed E-state index contributed by atoms with van der Waals surface area (Å²) in [5, 5.41) is 11.4. The summed E-state index contributed by atoms with van der Waals surface area (Å²) in [6, 6.07) is 1.63. The van der Waals surface area contributed by atoms with Crippen molar-refractivity contribution in [3.05, 3.63) is 35.7 Å². The van der Waals surface area contributed by atoms with E-state index in [1.807, 2.05) is 18.5 Å². The minimum absolute atomic E-state index is 0.00565. The molecule has 2 aliphatic rings. The van der Waals surface area contributed by atoms with E-state index in [0.29, 0.717) is 50.8 Å². The molecule has 1 fully saturated rings. The molecule has 160 valence electrons. The number of ether oxygens (including phenoxy) is 1. The van der Waals surface area contributed by atoms with Crippen LogP contribution in [0.5, 0.6) is 0 Å². The second-order valence-corrected chi connectivity index (χ2v) is 8.41. The number of fused-ring (bicyclic) bond motifs is 1. The molecule has 1 saturated heterocycles. The molecule has 2 aromatic rings. The van der Waals surface area contributed by atoms with E-state index in [9.17, 15) is 9.59 Å². The fourth-order valence-corrected chi connectivity index (χ4v) is 4.05. The van der Waals surface area contributed by atoms with Gasteiger partial charge >= 0.3 is 0 Å². The summed E-state index contributed by atoms with van der Waals surface area (Å²) in [6.45, 7) is 6.41. The van der Waals surface area contributed by atoms with Crippen LogP contribution in [0.1, 0.15) is 55.0 Å². The maximum Gasteiger partial charge on any atom is 0.272 e. The van der Waals surface area contributed by atoms with Gasteiger partial charge in [0.1, 0.15) is 23.3 Å². The molecule has 2 aromatic heterocycles. The molecular weight excluding hydrogens is 386 g/mol. The van der Waals surface area contributed by atoms with Gasteiger partial charge in [0.25, 0.3) is 5.91 Å². The lowest BCUT2D eigenvalue weighted by Crippen LogP contribution is -2.55. The van der Waals surface area contributed by atoms with Gasteiger partial charge in [0, 0.05) is 19.2 Å². The molecule has 4 rings (SSSR count). The van der Waals surface area contributed by atoms with Crippen molar-refractivity contribution in [1.29, 1.82) is 0 Å². The number of hydrogen-bond donors (Lipinski definition) is 1. The molecule has 4 heterocycles. The fourth-order valence-electron chi connectivity index (χ4n) is 4.05. The molecule has 10 nitrogen and oxygen atoms in total. The first-order valence-electron chi connectivity index (χ1n) is 10.3. The van der Waals surface area contributed by atoms with Crippen molar-refractivity contribution < 1.29 is 14.3 Å². The van der Waals surface area contributed by atoms with Crippen LogP contribution >= 0.6 is 0 Å². The highest BCUT2D eigenvalue weighted by atomic mass is 16.5. The van der Waals surface area contributed by atoms with E-state index < -0.39 is 5.60 Å². The lowest BCUT2D eigenvalue weighted by atomic mass is 9.91. The Morgan fingerprint density at radius 1 is 1.33 bits per heavy atom. The number of rotatable bonds is 5. The SMILES string of the molecule is CC(C)CC(=O)NCc1nnn2c1COC1(CCCN(C(=O)c3ccncn3)C1)C2. The van der Waals surface area contributed by atoms with Gasteiger partial charge in [0.2, 0.25) is 5.91 Å². The minimum Gasteiger partial charge on any atom is -0.365 e. The standard InChI is InChI=1S/C20H27N7O3/c1-14(2)8-18(28)22-9-16-17-10-30-20(12-27(17)25-24-16)5-3-7-26(11-20)19(29)15-4-6-21-13-23-15/h4,6,13-14H,3,5,7-12H2,1-2H3,(H,22,28). The van der Waals surface area contributed by atoms with Gasteiger partial charge in [0.15, 0.2) is 0 Å². The molecule has 0 bridgehead atoms. The van der Waals surface area contributed by atoms with Crippen LogP contribution in [0.25, 0.3) is 0 Å². The average Bonchev–Trinajstić information content (AvgIpc) is 3.13. The molecule has 10 heteroatoms. The third-order valence-electron chi connectivity index (χ3n) is 5.55. The summed E-state index contributed by atoms with van der Waals surface area (Å²) in [6.07, 6.45) is 5.13. The number of aromatic nitrogens is 5. The highest BCUT2D eigenvalue weighted by Gasteiger charge is 2.42. The van der Waals surface area contributed by atoms with Gasteiger partial charge in [-0.1, -0.05) is 19.1 Å². The van der Waals surface area contributed by atoms with Crippen LogP contribution in [0.3, 0.4) is 0 Å². The first-order chi connectivity index (χ1) is 14.5. The fraction of sp³-hybridized carbons (Fsp3) is 0.600. The van der Waals surface area contributed by atoms with E-state index in [-0.39, 0.29) is 11.8 Å². The van der Waals surface area contributed by atoms with Gasteiger partial charge in [-0.25, -0.2) is 14.6 Å². The van der Waals surface area contributed by atoms with E-state index >= 15 is 0 Å². The quantitative estimate of drug-likeness (QED) is 0.775. The maximum absolute atomic E-state index is 12.8. The van der Waals surface area contributed by atoms with Crippen molar-refractivity contribution in [2.75, 3.05) is 13.1 Å². The number of nitrogens with zero attached hydrogens (tertiary/aromatic N) is 6. The van der Waals surface area contributed by atoms with Gasteiger partial charge in [-0.15, -0.1) is 5.10 Å². The Labute approximate surface area is 175 Å². The molecule has 0 aliphatic carbocycles. The number of carbonyl (C=O) groups is 2. The van der Waals surface area contributed by atoms with Crippen molar-refractivity contribution in [1.82, 2.24) is 35.2 Å². The molecule has 1 unspecified atom stereocenters. The summed E-state index contributed by atoms with van der Waals surface area (Å²) >= 11 is 0. The Balaban J connectivity index is 1.42.